The van der Waals surface area contributed by atoms with Gasteiger partial charge in [0, 0.05) is 30.8 Å². The third kappa shape index (κ3) is 4.31. The van der Waals surface area contributed by atoms with Crippen molar-refractivity contribution in [1.29, 1.82) is 0 Å². The third-order valence-electron chi connectivity index (χ3n) is 5.41. The van der Waals surface area contributed by atoms with Gasteiger partial charge in [0.2, 0.25) is 0 Å². The van der Waals surface area contributed by atoms with Gasteiger partial charge < -0.3 is 14.8 Å². The Labute approximate surface area is 186 Å². The maximum atomic E-state index is 12.8. The summed E-state index contributed by atoms with van der Waals surface area (Å²) in [6.45, 7) is 1.36. The molecular weight excluding hydrogens is 447 g/mol. The Bertz CT molecular complexity index is 1210. The number of benzene rings is 2. The van der Waals surface area contributed by atoms with Gasteiger partial charge in [0.05, 0.1) is 23.4 Å². The van der Waals surface area contributed by atoms with Gasteiger partial charge >= 0.3 is 6.18 Å². The number of methoxy groups -OCH3 is 1. The highest BCUT2D eigenvalue weighted by molar-refractivity contribution is 6.33. The van der Waals surface area contributed by atoms with Crippen molar-refractivity contribution in [1.82, 2.24) is 14.9 Å². The molecule has 0 bridgehead atoms. The molecule has 0 spiro atoms. The standard InChI is InChI=1S/C22H19ClF3N3O3/c1-32-17-7-4-13(18(23)19(17)30)10-29-9-8-15-16(11-29)27-20(28-21(15)31)12-2-5-14(6-3-12)22(24,25)26/h2-7,30H,8-11H2,1H3,(H,27,28,31). The number of hydrogen-bond donors (Lipinski definition) is 2. The number of nitrogens with one attached hydrogen (secondary N) is 1. The number of H-pyrrole nitrogens is 1. The van der Waals surface area contributed by atoms with E-state index in [-0.39, 0.29) is 27.9 Å². The number of alkyl halides is 3. The van der Waals surface area contributed by atoms with E-state index in [1.165, 1.54) is 19.2 Å². The molecule has 0 amide bonds. The molecule has 4 rings (SSSR count). The van der Waals surface area contributed by atoms with Crippen LogP contribution in [0.25, 0.3) is 11.4 Å². The summed E-state index contributed by atoms with van der Waals surface area (Å²) in [5, 5.41) is 10.3. The Balaban J connectivity index is 1.59. The Morgan fingerprint density at radius 2 is 1.94 bits per heavy atom. The lowest BCUT2D eigenvalue weighted by molar-refractivity contribution is -0.137. The van der Waals surface area contributed by atoms with E-state index < -0.39 is 11.7 Å². The minimum atomic E-state index is -4.44. The van der Waals surface area contributed by atoms with Crippen LogP contribution in [0.15, 0.2) is 41.2 Å². The fourth-order valence-corrected chi connectivity index (χ4v) is 3.91. The van der Waals surface area contributed by atoms with Crippen molar-refractivity contribution in [3.8, 4) is 22.9 Å². The summed E-state index contributed by atoms with van der Waals surface area (Å²) in [7, 11) is 1.43. The van der Waals surface area contributed by atoms with Crippen LogP contribution >= 0.6 is 11.6 Å². The molecule has 0 saturated heterocycles. The fourth-order valence-electron chi connectivity index (χ4n) is 3.70. The van der Waals surface area contributed by atoms with Gasteiger partial charge in [0.15, 0.2) is 11.5 Å². The predicted octanol–water partition coefficient (Wildman–Crippen LogP) is 4.38. The third-order valence-corrected chi connectivity index (χ3v) is 5.83. The average molecular weight is 466 g/mol. The topological polar surface area (TPSA) is 78.5 Å². The van der Waals surface area contributed by atoms with Gasteiger partial charge in [-0.25, -0.2) is 4.98 Å². The second kappa shape index (κ2) is 8.48. The number of aromatic hydroxyl groups is 1. The van der Waals surface area contributed by atoms with Crippen molar-refractivity contribution in [2.75, 3.05) is 13.7 Å². The van der Waals surface area contributed by atoms with Gasteiger partial charge in [-0.05, 0) is 30.2 Å². The van der Waals surface area contributed by atoms with E-state index in [4.69, 9.17) is 16.3 Å². The second-order valence-electron chi connectivity index (χ2n) is 7.47. The van der Waals surface area contributed by atoms with Crippen molar-refractivity contribution in [3.05, 3.63) is 74.2 Å². The molecule has 0 unspecified atom stereocenters. The van der Waals surface area contributed by atoms with Crippen LogP contribution in [0.4, 0.5) is 13.2 Å². The van der Waals surface area contributed by atoms with Crippen LogP contribution < -0.4 is 10.3 Å². The predicted molar refractivity (Wildman–Crippen MR) is 113 cm³/mol. The summed E-state index contributed by atoms with van der Waals surface area (Å²) >= 11 is 6.26. The molecule has 1 aliphatic heterocycles. The first kappa shape index (κ1) is 22.2. The number of rotatable bonds is 4. The van der Waals surface area contributed by atoms with E-state index in [1.807, 2.05) is 4.90 Å². The van der Waals surface area contributed by atoms with Gasteiger partial charge in [0.1, 0.15) is 5.82 Å². The number of phenolic OH excluding ortho intramolecular Hbond substituents is 1. The van der Waals surface area contributed by atoms with Crippen LogP contribution in [0, 0.1) is 0 Å². The molecule has 10 heteroatoms. The lowest BCUT2D eigenvalue weighted by Crippen LogP contribution is -2.35. The van der Waals surface area contributed by atoms with Gasteiger partial charge in [-0.1, -0.05) is 29.8 Å². The van der Waals surface area contributed by atoms with Crippen molar-refractivity contribution < 1.29 is 23.0 Å². The molecule has 0 saturated carbocycles. The maximum absolute atomic E-state index is 12.8. The molecular formula is C22H19ClF3N3O3. The van der Waals surface area contributed by atoms with Crippen molar-refractivity contribution in [2.45, 2.75) is 25.7 Å². The second-order valence-corrected chi connectivity index (χ2v) is 7.84. The highest BCUT2D eigenvalue weighted by atomic mass is 35.5. The van der Waals surface area contributed by atoms with Crippen molar-refractivity contribution in [3.63, 3.8) is 0 Å². The number of ether oxygens (including phenoxy) is 1. The summed E-state index contributed by atoms with van der Waals surface area (Å²) in [4.78, 5) is 21.8. The maximum Gasteiger partial charge on any atom is 0.416 e. The minimum absolute atomic E-state index is 0.136. The number of fused-ring (bicyclic) bond motifs is 1. The molecule has 2 aromatic carbocycles. The van der Waals surface area contributed by atoms with Crippen molar-refractivity contribution in [2.24, 2.45) is 0 Å². The molecule has 2 heterocycles. The summed E-state index contributed by atoms with van der Waals surface area (Å²) in [6, 6.07) is 7.87. The van der Waals surface area contributed by atoms with E-state index in [9.17, 15) is 23.1 Å². The SMILES string of the molecule is COc1ccc(CN2CCc3c(nc(-c4ccc(C(F)(F)F)cc4)[nH]c3=O)C2)c(Cl)c1O. The first-order valence-electron chi connectivity index (χ1n) is 9.73. The number of aromatic nitrogens is 2. The van der Waals surface area contributed by atoms with Crippen LogP contribution in [0.5, 0.6) is 11.5 Å². The number of halogens is 4. The van der Waals surface area contributed by atoms with Gasteiger partial charge in [0.25, 0.3) is 5.56 Å². The van der Waals surface area contributed by atoms with E-state index in [1.54, 1.807) is 12.1 Å². The molecule has 6 nitrogen and oxygen atoms in total. The summed E-state index contributed by atoms with van der Waals surface area (Å²) in [6.07, 6.45) is -3.97. The molecule has 2 N–H and O–H groups in total. The first-order valence-corrected chi connectivity index (χ1v) is 10.1. The number of phenols is 1. The molecule has 0 radical (unpaired) electrons. The summed E-state index contributed by atoms with van der Waals surface area (Å²) < 4.78 is 43.5. The quantitative estimate of drug-likeness (QED) is 0.598. The minimum Gasteiger partial charge on any atom is -0.503 e. The Morgan fingerprint density at radius 1 is 1.22 bits per heavy atom. The van der Waals surface area contributed by atoms with E-state index in [2.05, 4.69) is 9.97 Å². The number of hydrogen-bond acceptors (Lipinski definition) is 5. The molecule has 168 valence electrons. The van der Waals surface area contributed by atoms with Gasteiger partial charge in [-0.3, -0.25) is 9.69 Å². The first-order chi connectivity index (χ1) is 15.2. The Hall–Kier alpha value is -3.04. The molecule has 1 aliphatic rings. The molecule has 32 heavy (non-hydrogen) atoms. The summed E-state index contributed by atoms with van der Waals surface area (Å²) in [5.41, 5.74) is 1.13. The smallest absolute Gasteiger partial charge is 0.416 e. The Morgan fingerprint density at radius 3 is 2.59 bits per heavy atom. The van der Waals surface area contributed by atoms with E-state index in [0.717, 1.165) is 12.1 Å². The average Bonchev–Trinajstić information content (AvgIpc) is 2.76. The molecule has 3 aromatic rings. The lowest BCUT2D eigenvalue weighted by atomic mass is 10.0. The van der Waals surface area contributed by atoms with Crippen LogP contribution in [-0.2, 0) is 25.7 Å². The van der Waals surface area contributed by atoms with Crippen LogP contribution in [-0.4, -0.2) is 33.6 Å². The molecule has 0 fully saturated rings. The Kier molecular flexibility index (Phi) is 5.87. The van der Waals surface area contributed by atoms with Gasteiger partial charge in [-0.15, -0.1) is 0 Å². The van der Waals surface area contributed by atoms with Crippen molar-refractivity contribution >= 4 is 11.6 Å². The lowest BCUT2D eigenvalue weighted by Gasteiger charge is -2.28. The summed E-state index contributed by atoms with van der Waals surface area (Å²) in [5.74, 6) is 0.352. The zero-order chi connectivity index (χ0) is 23.0. The zero-order valence-electron chi connectivity index (χ0n) is 17.0. The monoisotopic (exact) mass is 465 g/mol. The van der Waals surface area contributed by atoms with Crippen LogP contribution in [0.1, 0.15) is 22.4 Å². The highest BCUT2D eigenvalue weighted by Crippen LogP contribution is 2.37. The normalized spacial score (nSPS) is 14.3. The fraction of sp³-hybridized carbons (Fsp3) is 0.273. The number of nitrogens with zero attached hydrogens (tertiary/aromatic N) is 2. The zero-order valence-corrected chi connectivity index (χ0v) is 17.7. The highest BCUT2D eigenvalue weighted by Gasteiger charge is 2.30. The van der Waals surface area contributed by atoms with E-state index >= 15 is 0 Å². The van der Waals surface area contributed by atoms with E-state index in [0.29, 0.717) is 48.4 Å². The van der Waals surface area contributed by atoms with Crippen LogP contribution in [0.2, 0.25) is 5.02 Å². The molecule has 0 atom stereocenters. The molecule has 1 aromatic heterocycles. The van der Waals surface area contributed by atoms with Crippen LogP contribution in [0.3, 0.4) is 0 Å². The largest absolute Gasteiger partial charge is 0.503 e. The van der Waals surface area contributed by atoms with Gasteiger partial charge in [-0.2, -0.15) is 13.2 Å². The number of aromatic amines is 1. The molecule has 0 aliphatic carbocycles.